The molecule has 0 fully saturated rings. The summed E-state index contributed by atoms with van der Waals surface area (Å²) in [5.41, 5.74) is 6.92. The number of halogens is 1. The van der Waals surface area contributed by atoms with Gasteiger partial charge in [-0.1, -0.05) is 12.1 Å². The van der Waals surface area contributed by atoms with Gasteiger partial charge >= 0.3 is 0 Å². The molecule has 0 unspecified atom stereocenters. The number of carbonyl (C=O) groups is 1. The van der Waals surface area contributed by atoms with Crippen molar-refractivity contribution in [1.29, 1.82) is 0 Å². The van der Waals surface area contributed by atoms with Crippen LogP contribution in [-0.4, -0.2) is 10.9 Å². The van der Waals surface area contributed by atoms with Gasteiger partial charge in [0.15, 0.2) is 5.76 Å². The molecule has 0 atom stereocenters. The number of carbonyl (C=O) groups excluding carboxylic acids is 1. The van der Waals surface area contributed by atoms with Crippen LogP contribution in [0.15, 0.2) is 40.8 Å². The van der Waals surface area contributed by atoms with Gasteiger partial charge in [0.2, 0.25) is 0 Å². The monoisotopic (exact) mass is 299 g/mol. The number of pyridine rings is 1. The standard InChI is InChI=1S/C16H14FN3O2/c1-9-7-13(11-3-2-4-12(17)15(11)20-9)19-8-10-5-6-14(22-10)16(18)21/h2-7H,8H2,1H3,(H2,18,21)(H,19,20). The van der Waals surface area contributed by atoms with Crippen LogP contribution in [0.2, 0.25) is 0 Å². The minimum atomic E-state index is -0.612. The fourth-order valence-corrected chi connectivity index (χ4v) is 2.28. The first kappa shape index (κ1) is 14.1. The van der Waals surface area contributed by atoms with Crippen molar-refractivity contribution in [2.24, 2.45) is 5.73 Å². The Balaban J connectivity index is 1.90. The minimum Gasteiger partial charge on any atom is -0.454 e. The van der Waals surface area contributed by atoms with E-state index in [0.29, 0.717) is 28.9 Å². The highest BCUT2D eigenvalue weighted by molar-refractivity contribution is 5.92. The molecule has 1 aromatic carbocycles. The maximum Gasteiger partial charge on any atom is 0.284 e. The lowest BCUT2D eigenvalue weighted by Crippen LogP contribution is -2.09. The van der Waals surface area contributed by atoms with Crippen molar-refractivity contribution >= 4 is 22.5 Å². The average molecular weight is 299 g/mol. The van der Waals surface area contributed by atoms with Crippen molar-refractivity contribution in [3.63, 3.8) is 0 Å². The van der Waals surface area contributed by atoms with Gasteiger partial charge in [-0.25, -0.2) is 9.37 Å². The molecule has 22 heavy (non-hydrogen) atoms. The van der Waals surface area contributed by atoms with Crippen LogP contribution in [0.5, 0.6) is 0 Å². The molecule has 3 rings (SSSR count). The lowest BCUT2D eigenvalue weighted by molar-refractivity contribution is 0.0972. The minimum absolute atomic E-state index is 0.110. The van der Waals surface area contributed by atoms with Crippen LogP contribution in [0.25, 0.3) is 10.9 Å². The van der Waals surface area contributed by atoms with Crippen LogP contribution in [-0.2, 0) is 6.54 Å². The maximum absolute atomic E-state index is 13.8. The SMILES string of the molecule is Cc1cc(NCc2ccc(C(N)=O)o2)c2cccc(F)c2n1. The molecule has 0 bridgehead atoms. The number of nitrogens with zero attached hydrogens (tertiary/aromatic N) is 1. The second-order valence-corrected chi connectivity index (χ2v) is 4.93. The molecule has 0 saturated heterocycles. The Morgan fingerprint density at radius 3 is 2.91 bits per heavy atom. The van der Waals surface area contributed by atoms with Crippen molar-refractivity contribution in [1.82, 2.24) is 4.98 Å². The van der Waals surface area contributed by atoms with E-state index in [9.17, 15) is 9.18 Å². The van der Waals surface area contributed by atoms with E-state index in [4.69, 9.17) is 10.2 Å². The Morgan fingerprint density at radius 2 is 2.18 bits per heavy atom. The summed E-state index contributed by atoms with van der Waals surface area (Å²) in [7, 11) is 0. The topological polar surface area (TPSA) is 81.1 Å². The third kappa shape index (κ3) is 2.63. The molecule has 6 heteroatoms. The highest BCUT2D eigenvalue weighted by atomic mass is 19.1. The number of furan rings is 1. The number of aryl methyl sites for hydroxylation is 1. The van der Waals surface area contributed by atoms with Crippen LogP contribution in [0.4, 0.5) is 10.1 Å². The van der Waals surface area contributed by atoms with Gasteiger partial charge < -0.3 is 15.5 Å². The number of fused-ring (bicyclic) bond motifs is 1. The Kier molecular flexibility index (Phi) is 3.50. The van der Waals surface area contributed by atoms with Crippen molar-refractivity contribution in [3.05, 3.63) is 59.4 Å². The average Bonchev–Trinajstić information content (AvgIpc) is 2.95. The van der Waals surface area contributed by atoms with E-state index in [-0.39, 0.29) is 11.6 Å². The van der Waals surface area contributed by atoms with Gasteiger partial charge in [0.05, 0.1) is 6.54 Å². The fraction of sp³-hybridized carbons (Fsp3) is 0.125. The molecule has 1 amide bonds. The van der Waals surface area contributed by atoms with E-state index in [1.54, 1.807) is 25.1 Å². The number of hydrogen-bond acceptors (Lipinski definition) is 4. The van der Waals surface area contributed by atoms with Gasteiger partial charge in [-0.3, -0.25) is 4.79 Å². The summed E-state index contributed by atoms with van der Waals surface area (Å²) in [6, 6.07) is 9.84. The Labute approximate surface area is 125 Å². The van der Waals surface area contributed by atoms with E-state index >= 15 is 0 Å². The molecule has 0 saturated carbocycles. The van der Waals surface area contributed by atoms with E-state index in [1.807, 2.05) is 6.07 Å². The van der Waals surface area contributed by atoms with Crippen LogP contribution in [0, 0.1) is 12.7 Å². The van der Waals surface area contributed by atoms with E-state index in [1.165, 1.54) is 12.1 Å². The van der Waals surface area contributed by atoms with Gasteiger partial charge in [0.25, 0.3) is 5.91 Å². The lowest BCUT2D eigenvalue weighted by Gasteiger charge is -2.10. The molecule has 112 valence electrons. The van der Waals surface area contributed by atoms with Crippen LogP contribution < -0.4 is 11.1 Å². The predicted octanol–water partition coefficient (Wildman–Crippen LogP) is 2.99. The number of primary amides is 1. The summed E-state index contributed by atoms with van der Waals surface area (Å²) in [5, 5.41) is 3.86. The Hall–Kier alpha value is -2.89. The molecule has 3 N–H and O–H groups in total. The normalized spacial score (nSPS) is 10.8. The third-order valence-electron chi connectivity index (χ3n) is 3.28. The van der Waals surface area contributed by atoms with Gasteiger partial charge in [0.1, 0.15) is 17.1 Å². The van der Waals surface area contributed by atoms with E-state index < -0.39 is 5.91 Å². The molecule has 5 nitrogen and oxygen atoms in total. The number of rotatable bonds is 4. The summed E-state index contributed by atoms with van der Waals surface area (Å²) in [6.45, 7) is 2.15. The zero-order chi connectivity index (χ0) is 15.7. The first-order valence-electron chi connectivity index (χ1n) is 6.73. The fourth-order valence-electron chi connectivity index (χ4n) is 2.28. The second-order valence-electron chi connectivity index (χ2n) is 4.93. The summed E-state index contributed by atoms with van der Waals surface area (Å²) in [6.07, 6.45) is 0. The van der Waals surface area contributed by atoms with Gasteiger partial charge in [0, 0.05) is 16.8 Å². The van der Waals surface area contributed by atoms with Crippen LogP contribution in [0.3, 0.4) is 0 Å². The number of aromatic nitrogens is 1. The van der Waals surface area contributed by atoms with Gasteiger partial charge in [-0.2, -0.15) is 0 Å². The quantitative estimate of drug-likeness (QED) is 0.776. The molecule has 3 aromatic rings. The zero-order valence-electron chi connectivity index (χ0n) is 11.9. The van der Waals surface area contributed by atoms with E-state index in [2.05, 4.69) is 10.3 Å². The Morgan fingerprint density at radius 1 is 1.36 bits per heavy atom. The molecule has 0 aliphatic heterocycles. The Bertz CT molecular complexity index is 858. The first-order valence-corrected chi connectivity index (χ1v) is 6.73. The number of nitrogens with two attached hydrogens (primary N) is 1. The highest BCUT2D eigenvalue weighted by Crippen LogP contribution is 2.25. The molecule has 2 heterocycles. The van der Waals surface area contributed by atoms with E-state index in [0.717, 1.165) is 5.69 Å². The number of para-hydroxylation sites is 1. The molecule has 0 radical (unpaired) electrons. The number of anilines is 1. The molecule has 0 aliphatic carbocycles. The summed E-state index contributed by atoms with van der Waals surface area (Å²) >= 11 is 0. The number of benzene rings is 1. The summed E-state index contributed by atoms with van der Waals surface area (Å²) < 4.78 is 19.1. The van der Waals surface area contributed by atoms with Crippen molar-refractivity contribution in [2.75, 3.05) is 5.32 Å². The molecular formula is C16H14FN3O2. The zero-order valence-corrected chi connectivity index (χ0v) is 11.9. The van der Waals surface area contributed by atoms with Gasteiger partial charge in [-0.15, -0.1) is 0 Å². The van der Waals surface area contributed by atoms with Crippen molar-refractivity contribution < 1.29 is 13.6 Å². The molecule has 2 aromatic heterocycles. The molecule has 0 aliphatic rings. The van der Waals surface area contributed by atoms with Crippen LogP contribution in [0.1, 0.15) is 22.0 Å². The highest BCUT2D eigenvalue weighted by Gasteiger charge is 2.10. The number of hydrogen-bond donors (Lipinski definition) is 2. The lowest BCUT2D eigenvalue weighted by atomic mass is 10.1. The molecule has 0 spiro atoms. The molecular weight excluding hydrogens is 285 g/mol. The van der Waals surface area contributed by atoms with Gasteiger partial charge in [-0.05, 0) is 31.2 Å². The summed E-state index contributed by atoms with van der Waals surface area (Å²) in [5.74, 6) is -0.303. The third-order valence-corrected chi connectivity index (χ3v) is 3.28. The number of nitrogens with one attached hydrogen (secondary N) is 1. The first-order chi connectivity index (χ1) is 10.5. The van der Waals surface area contributed by atoms with Crippen LogP contribution >= 0.6 is 0 Å². The smallest absolute Gasteiger partial charge is 0.284 e. The second kappa shape index (κ2) is 5.48. The number of amides is 1. The van der Waals surface area contributed by atoms with Crippen molar-refractivity contribution in [3.8, 4) is 0 Å². The largest absolute Gasteiger partial charge is 0.454 e. The van der Waals surface area contributed by atoms with Crippen molar-refractivity contribution in [2.45, 2.75) is 13.5 Å². The predicted molar refractivity (Wildman–Crippen MR) is 81.0 cm³/mol. The maximum atomic E-state index is 13.8. The summed E-state index contributed by atoms with van der Waals surface area (Å²) in [4.78, 5) is 15.2.